The highest BCUT2D eigenvalue weighted by molar-refractivity contribution is 6.35. The largest absolute Gasteiger partial charge is 0.473 e. The van der Waals surface area contributed by atoms with Crippen molar-refractivity contribution in [2.45, 2.75) is 57.1 Å². The van der Waals surface area contributed by atoms with Gasteiger partial charge in [-0.05, 0) is 38.3 Å². The number of aromatic nitrogens is 4. The molecule has 2 fully saturated rings. The van der Waals surface area contributed by atoms with E-state index >= 15 is 0 Å². The molecule has 0 radical (unpaired) electrons. The fourth-order valence-corrected chi connectivity index (χ4v) is 5.07. The maximum absolute atomic E-state index is 6.23. The Balaban J connectivity index is 1.33. The lowest BCUT2D eigenvalue weighted by molar-refractivity contribution is 0.163. The second-order valence-corrected chi connectivity index (χ2v) is 9.82. The van der Waals surface area contributed by atoms with Gasteiger partial charge >= 0.3 is 0 Å². The lowest BCUT2D eigenvalue weighted by Crippen LogP contribution is -2.40. The molecule has 1 saturated carbocycles. The Hall–Kier alpha value is -2.31. The molecular formula is C24H27Cl2N5O. The summed E-state index contributed by atoms with van der Waals surface area (Å²) in [6.07, 6.45) is 5.59. The number of hydrogen-bond acceptors (Lipinski definition) is 5. The molecule has 168 valence electrons. The lowest BCUT2D eigenvalue weighted by Gasteiger charge is -2.33. The van der Waals surface area contributed by atoms with E-state index < -0.39 is 0 Å². The van der Waals surface area contributed by atoms with Gasteiger partial charge in [-0.15, -0.1) is 10.2 Å². The van der Waals surface area contributed by atoms with Crippen molar-refractivity contribution in [1.29, 1.82) is 0 Å². The van der Waals surface area contributed by atoms with Gasteiger partial charge < -0.3 is 9.64 Å². The van der Waals surface area contributed by atoms with E-state index in [-0.39, 0.29) is 17.6 Å². The van der Waals surface area contributed by atoms with E-state index in [9.17, 15) is 0 Å². The van der Waals surface area contributed by atoms with Crippen molar-refractivity contribution < 1.29 is 4.74 Å². The average molecular weight is 472 g/mol. The summed E-state index contributed by atoms with van der Waals surface area (Å²) in [5.74, 6) is 2.49. The molecule has 1 saturated heterocycles. The molecule has 1 aliphatic heterocycles. The Morgan fingerprint density at radius 1 is 1.06 bits per heavy atom. The Labute approximate surface area is 198 Å². The molecule has 0 bridgehead atoms. The summed E-state index contributed by atoms with van der Waals surface area (Å²) in [6.45, 7) is 6.11. The van der Waals surface area contributed by atoms with Crippen LogP contribution >= 0.6 is 23.2 Å². The first-order valence-corrected chi connectivity index (χ1v) is 12.0. The van der Waals surface area contributed by atoms with Gasteiger partial charge in [0.2, 0.25) is 11.8 Å². The SMILES string of the molecule is CC(C)n1c(N2CCC(Oc3ncc(Cl)cc3Cl)CC2)nnc1C1(c2ccccc2)CC1. The van der Waals surface area contributed by atoms with Gasteiger partial charge in [0.25, 0.3) is 0 Å². The van der Waals surface area contributed by atoms with E-state index in [1.807, 2.05) is 0 Å². The van der Waals surface area contributed by atoms with Crippen LogP contribution in [0.3, 0.4) is 0 Å². The molecule has 2 aliphatic rings. The summed E-state index contributed by atoms with van der Waals surface area (Å²) in [5.41, 5.74) is 1.33. The summed E-state index contributed by atoms with van der Waals surface area (Å²) in [6, 6.07) is 12.7. The summed E-state index contributed by atoms with van der Waals surface area (Å²) < 4.78 is 8.39. The normalized spacial score (nSPS) is 18.2. The molecule has 0 amide bonds. The van der Waals surface area contributed by atoms with Crippen molar-refractivity contribution in [1.82, 2.24) is 19.7 Å². The first-order valence-electron chi connectivity index (χ1n) is 11.2. The van der Waals surface area contributed by atoms with E-state index in [0.717, 1.165) is 50.5 Å². The number of piperidine rings is 1. The zero-order valence-corrected chi connectivity index (χ0v) is 19.9. The maximum atomic E-state index is 6.23. The third kappa shape index (κ3) is 3.95. The van der Waals surface area contributed by atoms with Crippen LogP contribution in [0.4, 0.5) is 5.95 Å². The molecule has 6 nitrogen and oxygen atoms in total. The molecule has 3 aromatic rings. The van der Waals surface area contributed by atoms with E-state index in [1.165, 1.54) is 5.56 Å². The Morgan fingerprint density at radius 2 is 1.78 bits per heavy atom. The van der Waals surface area contributed by atoms with E-state index in [2.05, 4.69) is 63.7 Å². The minimum absolute atomic E-state index is 0.00475. The number of halogens is 2. The molecule has 2 aromatic heterocycles. The van der Waals surface area contributed by atoms with E-state index in [0.29, 0.717) is 15.9 Å². The third-order valence-corrected chi connectivity index (χ3v) is 6.95. The fourth-order valence-electron chi connectivity index (χ4n) is 4.64. The summed E-state index contributed by atoms with van der Waals surface area (Å²) in [7, 11) is 0. The predicted octanol–water partition coefficient (Wildman–Crippen LogP) is 5.69. The summed E-state index contributed by atoms with van der Waals surface area (Å²) in [4.78, 5) is 6.55. The van der Waals surface area contributed by atoms with Gasteiger partial charge in [-0.2, -0.15) is 0 Å². The minimum atomic E-state index is -0.00475. The molecule has 5 rings (SSSR count). The highest BCUT2D eigenvalue weighted by Gasteiger charge is 2.50. The molecule has 1 aromatic carbocycles. The van der Waals surface area contributed by atoms with Crippen molar-refractivity contribution in [2.24, 2.45) is 0 Å². The van der Waals surface area contributed by atoms with E-state index in [4.69, 9.17) is 33.0 Å². The van der Waals surface area contributed by atoms with Crippen molar-refractivity contribution in [3.8, 4) is 5.88 Å². The fraction of sp³-hybridized carbons (Fsp3) is 0.458. The molecule has 0 atom stereocenters. The molecule has 0 unspecified atom stereocenters. The second-order valence-electron chi connectivity index (χ2n) is 8.98. The molecule has 0 N–H and O–H groups in total. The van der Waals surface area contributed by atoms with Crippen LogP contribution in [0.2, 0.25) is 10.0 Å². The Morgan fingerprint density at radius 3 is 2.41 bits per heavy atom. The number of hydrogen-bond donors (Lipinski definition) is 0. The Bertz CT molecular complexity index is 1090. The third-order valence-electron chi connectivity index (χ3n) is 6.48. The number of rotatable bonds is 6. The van der Waals surface area contributed by atoms with Gasteiger partial charge in [-0.3, -0.25) is 4.57 Å². The summed E-state index contributed by atoms with van der Waals surface area (Å²) in [5, 5.41) is 10.4. The first-order chi connectivity index (χ1) is 15.5. The van der Waals surface area contributed by atoms with Gasteiger partial charge in [0.1, 0.15) is 17.0 Å². The van der Waals surface area contributed by atoms with Crippen LogP contribution in [0.15, 0.2) is 42.6 Å². The van der Waals surface area contributed by atoms with Gasteiger partial charge in [0.15, 0.2) is 0 Å². The maximum Gasteiger partial charge on any atom is 0.232 e. The molecule has 32 heavy (non-hydrogen) atoms. The molecule has 0 spiro atoms. The smallest absolute Gasteiger partial charge is 0.232 e. The molecule has 1 aliphatic carbocycles. The van der Waals surface area contributed by atoms with Crippen molar-refractivity contribution >= 4 is 29.2 Å². The average Bonchev–Trinajstić information content (AvgIpc) is 3.48. The van der Waals surface area contributed by atoms with Crippen LogP contribution in [0.25, 0.3) is 0 Å². The summed E-state index contributed by atoms with van der Waals surface area (Å²) >= 11 is 12.2. The number of anilines is 1. The van der Waals surface area contributed by atoms with Crippen LogP contribution in [-0.4, -0.2) is 38.9 Å². The topological polar surface area (TPSA) is 56.1 Å². The quantitative estimate of drug-likeness (QED) is 0.462. The molecular weight excluding hydrogens is 445 g/mol. The first kappa shape index (κ1) is 21.5. The van der Waals surface area contributed by atoms with Crippen LogP contribution < -0.4 is 9.64 Å². The zero-order valence-electron chi connectivity index (χ0n) is 18.3. The Kier molecular flexibility index (Phi) is 5.76. The minimum Gasteiger partial charge on any atom is -0.473 e. The lowest BCUT2D eigenvalue weighted by atomic mass is 9.95. The van der Waals surface area contributed by atoms with Crippen molar-refractivity contribution in [3.05, 3.63) is 64.0 Å². The second kappa shape index (κ2) is 8.56. The van der Waals surface area contributed by atoms with Crippen LogP contribution in [0.1, 0.15) is 57.0 Å². The number of pyridine rings is 1. The van der Waals surface area contributed by atoms with Crippen LogP contribution in [0.5, 0.6) is 5.88 Å². The molecule has 3 heterocycles. The number of benzene rings is 1. The van der Waals surface area contributed by atoms with Crippen LogP contribution in [-0.2, 0) is 5.41 Å². The highest BCUT2D eigenvalue weighted by atomic mass is 35.5. The van der Waals surface area contributed by atoms with Crippen molar-refractivity contribution in [3.63, 3.8) is 0 Å². The van der Waals surface area contributed by atoms with Gasteiger partial charge in [0, 0.05) is 38.2 Å². The van der Waals surface area contributed by atoms with Gasteiger partial charge in [-0.1, -0.05) is 53.5 Å². The predicted molar refractivity (Wildman–Crippen MR) is 127 cm³/mol. The zero-order chi connectivity index (χ0) is 22.3. The number of ether oxygens (including phenoxy) is 1. The monoisotopic (exact) mass is 471 g/mol. The van der Waals surface area contributed by atoms with Gasteiger partial charge in [0.05, 0.1) is 10.4 Å². The molecule has 8 heteroatoms. The van der Waals surface area contributed by atoms with E-state index in [1.54, 1.807) is 12.3 Å². The highest BCUT2D eigenvalue weighted by Crippen LogP contribution is 2.53. The van der Waals surface area contributed by atoms with Gasteiger partial charge in [-0.25, -0.2) is 4.98 Å². The van der Waals surface area contributed by atoms with Crippen LogP contribution in [0, 0.1) is 0 Å². The van der Waals surface area contributed by atoms with Crippen molar-refractivity contribution in [2.75, 3.05) is 18.0 Å². The standard InChI is InChI=1S/C24H27Cl2N5O/c1-16(2)31-22(24(10-11-24)17-6-4-3-5-7-17)28-29-23(31)30-12-8-19(9-13-30)32-21-20(26)14-18(25)15-27-21/h3-7,14-16,19H,8-13H2,1-2H3. The number of nitrogens with zero attached hydrogens (tertiary/aromatic N) is 5.